The van der Waals surface area contributed by atoms with Crippen LogP contribution >= 0.6 is 11.6 Å². The van der Waals surface area contributed by atoms with Crippen molar-refractivity contribution in [3.8, 4) is 23.4 Å². The minimum absolute atomic E-state index is 0.196. The highest BCUT2D eigenvalue weighted by atomic mass is 35.5. The average molecular weight is 455 g/mol. The van der Waals surface area contributed by atoms with Crippen molar-refractivity contribution >= 4 is 17.7 Å². The van der Waals surface area contributed by atoms with Gasteiger partial charge in [0.15, 0.2) is 0 Å². The Balaban J connectivity index is 1.51. The lowest BCUT2D eigenvalue weighted by Crippen LogP contribution is -2.39. The fraction of sp³-hybridized carbons (Fsp3) is 0.227. The van der Waals surface area contributed by atoms with Gasteiger partial charge in [-0.2, -0.15) is 5.26 Å². The second-order valence-electron chi connectivity index (χ2n) is 7.76. The zero-order valence-corrected chi connectivity index (χ0v) is 17.5. The van der Waals surface area contributed by atoms with E-state index in [-0.39, 0.29) is 34.8 Å². The molecule has 1 N–H and O–H groups in total. The molecule has 0 aliphatic carbocycles. The smallest absolute Gasteiger partial charge is 0.415 e. The Morgan fingerprint density at radius 1 is 1.28 bits per heavy atom. The second-order valence-corrected chi connectivity index (χ2v) is 8.14. The Labute approximate surface area is 186 Å². The lowest BCUT2D eigenvalue weighted by Gasteiger charge is -2.26. The molecular formula is C22H16ClFN4O4. The molecule has 2 bridgehead atoms. The monoisotopic (exact) mass is 454 g/mol. The number of likely N-dealkylation sites (tertiary alicyclic amines) is 1. The predicted octanol–water partition coefficient (Wildman–Crippen LogP) is 3.82. The number of carbonyl (C=O) groups excluding carboxylic acids is 1. The van der Waals surface area contributed by atoms with Crippen molar-refractivity contribution in [2.45, 2.75) is 25.4 Å². The number of halogens is 2. The molecule has 0 spiro atoms. The molecule has 1 fully saturated rings. The second kappa shape index (κ2) is 7.14. The topological polar surface area (TPSA) is 100 Å². The van der Waals surface area contributed by atoms with Gasteiger partial charge in [0.1, 0.15) is 23.3 Å². The Morgan fingerprint density at radius 2 is 2.00 bits per heavy atom. The van der Waals surface area contributed by atoms with Crippen LogP contribution in [-0.2, 0) is 0 Å². The number of aromatic nitrogens is 2. The van der Waals surface area contributed by atoms with Crippen molar-refractivity contribution in [2.24, 2.45) is 0 Å². The van der Waals surface area contributed by atoms with Gasteiger partial charge in [-0.1, -0.05) is 11.6 Å². The third-order valence-corrected chi connectivity index (χ3v) is 6.52. The molecule has 3 heterocycles. The van der Waals surface area contributed by atoms with Crippen LogP contribution in [0.5, 0.6) is 11.6 Å². The molecule has 1 saturated heterocycles. The van der Waals surface area contributed by atoms with E-state index in [1.54, 1.807) is 13.0 Å². The highest BCUT2D eigenvalue weighted by Crippen LogP contribution is 2.49. The average Bonchev–Trinajstić information content (AvgIpc) is 3.44. The summed E-state index contributed by atoms with van der Waals surface area (Å²) in [4.78, 5) is 27.4. The Hall–Kier alpha value is -3.77. The minimum atomic E-state index is -0.646. The highest BCUT2D eigenvalue weighted by molar-refractivity contribution is 6.32. The van der Waals surface area contributed by atoms with Crippen LogP contribution in [0.25, 0.3) is 5.69 Å². The number of fused-ring (bicyclic) bond motifs is 5. The van der Waals surface area contributed by atoms with E-state index in [0.29, 0.717) is 23.4 Å². The van der Waals surface area contributed by atoms with Crippen LogP contribution in [0.4, 0.5) is 9.18 Å². The third-order valence-electron chi connectivity index (χ3n) is 6.03. The Bertz CT molecular complexity index is 1370. The lowest BCUT2D eigenvalue weighted by molar-refractivity contribution is 0.140. The van der Waals surface area contributed by atoms with Crippen molar-refractivity contribution in [3.63, 3.8) is 0 Å². The first-order valence-corrected chi connectivity index (χ1v) is 10.2. The van der Waals surface area contributed by atoms with Crippen LogP contribution in [0.3, 0.4) is 0 Å². The van der Waals surface area contributed by atoms with Crippen LogP contribution < -0.4 is 10.4 Å². The summed E-state index contributed by atoms with van der Waals surface area (Å²) in [5.74, 6) is -0.537. The van der Waals surface area contributed by atoms with Gasteiger partial charge in [0.25, 0.3) is 0 Å². The number of aromatic hydroxyl groups is 1. The van der Waals surface area contributed by atoms with Crippen molar-refractivity contribution < 1.29 is 19.0 Å². The van der Waals surface area contributed by atoms with Gasteiger partial charge in [-0.15, -0.1) is 0 Å². The van der Waals surface area contributed by atoms with Crippen LogP contribution in [0, 0.1) is 24.1 Å². The molecule has 2 atom stereocenters. The molecule has 2 aliphatic rings. The summed E-state index contributed by atoms with van der Waals surface area (Å²) in [7, 11) is 0. The number of carbonyl (C=O) groups is 1. The van der Waals surface area contributed by atoms with E-state index in [1.807, 2.05) is 6.07 Å². The maximum atomic E-state index is 13.2. The summed E-state index contributed by atoms with van der Waals surface area (Å²) in [5, 5.41) is 20.3. The lowest BCUT2D eigenvalue weighted by atomic mass is 10.1. The molecular weight excluding hydrogens is 439 g/mol. The normalized spacial score (nSPS) is 18.5. The SMILES string of the molecule is Cc1c(-n2c(O)c3n(c2=O)C2CC3N(C(=O)Oc3ccc(F)cc3)C2)ccc(C#N)c1Cl. The maximum absolute atomic E-state index is 13.2. The molecule has 0 saturated carbocycles. The zero-order chi connectivity index (χ0) is 22.7. The van der Waals surface area contributed by atoms with Gasteiger partial charge in [-0.05, 0) is 55.3 Å². The van der Waals surface area contributed by atoms with Crippen molar-refractivity contribution in [2.75, 3.05) is 6.54 Å². The highest BCUT2D eigenvalue weighted by Gasteiger charge is 2.50. The zero-order valence-electron chi connectivity index (χ0n) is 16.7. The summed E-state index contributed by atoms with van der Waals surface area (Å²) < 4.78 is 21.1. The molecule has 8 nitrogen and oxygen atoms in total. The van der Waals surface area contributed by atoms with Gasteiger partial charge < -0.3 is 9.84 Å². The van der Waals surface area contributed by atoms with Crippen LogP contribution in [0.2, 0.25) is 5.02 Å². The summed E-state index contributed by atoms with van der Waals surface area (Å²) >= 11 is 6.25. The molecule has 2 aromatic carbocycles. The van der Waals surface area contributed by atoms with Crippen molar-refractivity contribution in [3.05, 3.63) is 74.5 Å². The summed E-state index contributed by atoms with van der Waals surface area (Å²) in [5.41, 5.74) is 0.982. The van der Waals surface area contributed by atoms with Gasteiger partial charge in [0.2, 0.25) is 5.88 Å². The number of nitrogens with zero attached hydrogens (tertiary/aromatic N) is 4. The molecule has 10 heteroatoms. The first-order valence-electron chi connectivity index (χ1n) is 9.81. The fourth-order valence-electron chi connectivity index (χ4n) is 4.53. The molecule has 0 radical (unpaired) electrons. The first-order chi connectivity index (χ1) is 15.3. The number of benzene rings is 2. The Kier molecular flexibility index (Phi) is 4.50. The van der Waals surface area contributed by atoms with E-state index in [4.69, 9.17) is 21.6 Å². The summed E-state index contributed by atoms with van der Waals surface area (Å²) in [6, 6.07) is 9.24. The van der Waals surface area contributed by atoms with Gasteiger partial charge in [0, 0.05) is 6.54 Å². The standard InChI is InChI=1S/C22H16ClFN4O4/c1-11-16(7-2-12(9-25)18(11)23)28-20(29)19-17-8-14(27(19)21(28)30)10-26(17)22(31)32-15-5-3-13(24)4-6-15/h2-7,14,17,29H,8,10H2,1H3. The molecule has 1 aromatic heterocycles. The number of hydrogen-bond donors (Lipinski definition) is 1. The van der Waals surface area contributed by atoms with E-state index >= 15 is 0 Å². The number of hydrogen-bond acceptors (Lipinski definition) is 5. The van der Waals surface area contributed by atoms with Gasteiger partial charge in [-0.25, -0.2) is 18.5 Å². The largest absolute Gasteiger partial charge is 0.493 e. The molecule has 2 unspecified atom stereocenters. The minimum Gasteiger partial charge on any atom is -0.493 e. The molecule has 3 aromatic rings. The van der Waals surface area contributed by atoms with E-state index in [2.05, 4.69) is 0 Å². The van der Waals surface area contributed by atoms with Crippen LogP contribution in [-0.4, -0.2) is 31.8 Å². The molecule has 1 amide bonds. The van der Waals surface area contributed by atoms with E-state index in [9.17, 15) is 19.1 Å². The van der Waals surface area contributed by atoms with Crippen molar-refractivity contribution in [1.82, 2.24) is 14.0 Å². The van der Waals surface area contributed by atoms with E-state index < -0.39 is 23.6 Å². The number of amides is 1. The number of nitriles is 1. The first kappa shape index (κ1) is 20.2. The molecule has 32 heavy (non-hydrogen) atoms. The van der Waals surface area contributed by atoms with E-state index in [1.165, 1.54) is 39.8 Å². The number of imidazole rings is 1. The van der Waals surface area contributed by atoms with Gasteiger partial charge in [0.05, 0.1) is 28.4 Å². The maximum Gasteiger partial charge on any atom is 0.415 e. The van der Waals surface area contributed by atoms with Gasteiger partial charge >= 0.3 is 11.8 Å². The number of rotatable bonds is 2. The van der Waals surface area contributed by atoms with Crippen LogP contribution in [0.1, 0.15) is 35.3 Å². The van der Waals surface area contributed by atoms with Crippen molar-refractivity contribution in [1.29, 1.82) is 5.26 Å². The fourth-order valence-corrected chi connectivity index (χ4v) is 4.73. The molecule has 162 valence electrons. The summed E-state index contributed by atoms with van der Waals surface area (Å²) in [6.45, 7) is 1.91. The van der Waals surface area contributed by atoms with Gasteiger partial charge in [-0.3, -0.25) is 9.47 Å². The predicted molar refractivity (Wildman–Crippen MR) is 112 cm³/mol. The third kappa shape index (κ3) is 2.80. The van der Waals surface area contributed by atoms with E-state index in [0.717, 1.165) is 4.57 Å². The Morgan fingerprint density at radius 3 is 2.69 bits per heavy atom. The molecule has 2 aliphatic heterocycles. The number of ether oxygens (including phenoxy) is 1. The quantitative estimate of drug-likeness (QED) is 0.634. The summed E-state index contributed by atoms with van der Waals surface area (Å²) in [6.07, 6.45) is -0.169. The molecule has 5 rings (SSSR count). The van der Waals surface area contributed by atoms with Crippen LogP contribution in [0.15, 0.2) is 41.2 Å².